The molecule has 0 aliphatic carbocycles. The molecule has 0 unspecified atom stereocenters. The van der Waals surface area contributed by atoms with E-state index in [0.717, 1.165) is 6.61 Å². The molecule has 0 amide bonds. The second kappa shape index (κ2) is 16.2. The number of ether oxygens (including phenoxy) is 2. The van der Waals surface area contributed by atoms with E-state index in [1.807, 2.05) is 0 Å². The van der Waals surface area contributed by atoms with E-state index in [9.17, 15) is 0 Å². The van der Waals surface area contributed by atoms with Gasteiger partial charge >= 0.3 is 0 Å². The minimum absolute atomic E-state index is 0.567. The van der Waals surface area contributed by atoms with Crippen LogP contribution in [0.3, 0.4) is 0 Å². The van der Waals surface area contributed by atoms with Gasteiger partial charge in [0.25, 0.3) is 0 Å². The van der Waals surface area contributed by atoms with Crippen molar-refractivity contribution >= 4 is 11.6 Å². The number of hydrogen-bond donors (Lipinski definition) is 0. The molecule has 0 aliphatic heterocycles. The molecule has 0 saturated heterocycles. The van der Waals surface area contributed by atoms with Crippen molar-refractivity contribution in [2.45, 2.75) is 58.3 Å². The van der Waals surface area contributed by atoms with Crippen molar-refractivity contribution < 1.29 is 9.47 Å². The summed E-state index contributed by atoms with van der Waals surface area (Å²) < 4.78 is 10.7. The Morgan fingerprint density at radius 2 is 1.18 bits per heavy atom. The van der Waals surface area contributed by atoms with Crippen LogP contribution in [0.2, 0.25) is 0 Å². The summed E-state index contributed by atoms with van der Waals surface area (Å²) in [6.45, 7) is 5.13. The van der Waals surface area contributed by atoms with Gasteiger partial charge in [0.1, 0.15) is 0 Å². The number of halogens is 1. The summed E-state index contributed by atoms with van der Waals surface area (Å²) in [6, 6.07) is 0. The monoisotopic (exact) mass is 264 g/mol. The molecule has 0 bridgehead atoms. The molecule has 0 aliphatic rings. The Hall–Kier alpha value is 0.210. The van der Waals surface area contributed by atoms with Gasteiger partial charge in [-0.1, -0.05) is 51.9 Å². The van der Waals surface area contributed by atoms with E-state index < -0.39 is 0 Å². The molecule has 0 heterocycles. The van der Waals surface area contributed by atoms with Gasteiger partial charge in [-0.3, -0.25) is 0 Å². The topological polar surface area (TPSA) is 18.5 Å². The van der Waals surface area contributed by atoms with Crippen molar-refractivity contribution in [1.82, 2.24) is 0 Å². The summed E-state index contributed by atoms with van der Waals surface area (Å²) in [4.78, 5) is 0. The lowest BCUT2D eigenvalue weighted by molar-refractivity contribution is 0.0519. The minimum atomic E-state index is 0.567. The van der Waals surface area contributed by atoms with Crippen molar-refractivity contribution in [2.75, 3.05) is 32.3 Å². The second-order valence-corrected chi connectivity index (χ2v) is 4.77. The Morgan fingerprint density at radius 1 is 0.647 bits per heavy atom. The molecular formula is C14H29ClO2. The first-order chi connectivity index (χ1) is 8.41. The van der Waals surface area contributed by atoms with E-state index >= 15 is 0 Å². The SMILES string of the molecule is CCCCCCCCCCOCCOCCCl. The Morgan fingerprint density at radius 3 is 1.76 bits per heavy atom. The predicted octanol–water partition coefficient (Wildman–Crippen LogP) is 4.40. The number of unbranched alkanes of at least 4 members (excludes halogenated alkanes) is 7. The Labute approximate surface area is 112 Å². The summed E-state index contributed by atoms with van der Waals surface area (Å²) in [5.41, 5.74) is 0. The maximum Gasteiger partial charge on any atom is 0.0701 e. The van der Waals surface area contributed by atoms with Crippen LogP contribution in [0.25, 0.3) is 0 Å². The highest BCUT2D eigenvalue weighted by molar-refractivity contribution is 6.17. The van der Waals surface area contributed by atoms with Crippen LogP contribution >= 0.6 is 11.6 Å². The van der Waals surface area contributed by atoms with Gasteiger partial charge in [0, 0.05) is 12.5 Å². The molecule has 0 aromatic heterocycles. The zero-order valence-electron chi connectivity index (χ0n) is 11.4. The lowest BCUT2D eigenvalue weighted by Crippen LogP contribution is -2.06. The average molecular weight is 265 g/mol. The minimum Gasteiger partial charge on any atom is -0.379 e. The number of alkyl halides is 1. The van der Waals surface area contributed by atoms with Crippen LogP contribution in [0.4, 0.5) is 0 Å². The van der Waals surface area contributed by atoms with Crippen molar-refractivity contribution in [3.05, 3.63) is 0 Å². The van der Waals surface area contributed by atoms with Gasteiger partial charge < -0.3 is 9.47 Å². The van der Waals surface area contributed by atoms with Gasteiger partial charge in [0.2, 0.25) is 0 Å². The molecule has 0 aromatic carbocycles. The van der Waals surface area contributed by atoms with E-state index in [1.165, 1.54) is 51.4 Å². The van der Waals surface area contributed by atoms with Gasteiger partial charge in [0.15, 0.2) is 0 Å². The van der Waals surface area contributed by atoms with Crippen LogP contribution < -0.4 is 0 Å². The van der Waals surface area contributed by atoms with Crippen molar-refractivity contribution in [3.8, 4) is 0 Å². The summed E-state index contributed by atoms with van der Waals surface area (Å²) in [5.74, 6) is 0.567. The fourth-order valence-corrected chi connectivity index (χ4v) is 1.82. The smallest absolute Gasteiger partial charge is 0.0701 e. The summed E-state index contributed by atoms with van der Waals surface area (Å²) in [6.07, 6.45) is 10.8. The van der Waals surface area contributed by atoms with Gasteiger partial charge in [0.05, 0.1) is 19.8 Å². The molecule has 0 radical (unpaired) electrons. The Kier molecular flexibility index (Phi) is 16.4. The highest BCUT2D eigenvalue weighted by atomic mass is 35.5. The molecule has 0 N–H and O–H groups in total. The van der Waals surface area contributed by atoms with E-state index in [2.05, 4.69) is 6.92 Å². The highest BCUT2D eigenvalue weighted by Crippen LogP contribution is 2.08. The first-order valence-corrected chi connectivity index (χ1v) is 7.66. The molecule has 0 saturated carbocycles. The van der Waals surface area contributed by atoms with Crippen LogP contribution in [0.1, 0.15) is 58.3 Å². The zero-order chi connectivity index (χ0) is 12.6. The van der Waals surface area contributed by atoms with Crippen LogP contribution in [0.15, 0.2) is 0 Å². The van der Waals surface area contributed by atoms with Gasteiger partial charge in [-0.2, -0.15) is 0 Å². The van der Waals surface area contributed by atoms with Crippen LogP contribution in [0, 0.1) is 0 Å². The number of rotatable bonds is 14. The number of hydrogen-bond acceptors (Lipinski definition) is 2. The largest absolute Gasteiger partial charge is 0.379 e. The van der Waals surface area contributed by atoms with Gasteiger partial charge in [-0.15, -0.1) is 11.6 Å². The van der Waals surface area contributed by atoms with Crippen molar-refractivity contribution in [2.24, 2.45) is 0 Å². The van der Waals surface area contributed by atoms with Crippen LogP contribution in [-0.4, -0.2) is 32.3 Å². The molecule has 0 fully saturated rings. The van der Waals surface area contributed by atoms with Gasteiger partial charge in [-0.05, 0) is 6.42 Å². The fraction of sp³-hybridized carbons (Fsp3) is 1.00. The highest BCUT2D eigenvalue weighted by Gasteiger charge is 1.92. The first-order valence-electron chi connectivity index (χ1n) is 7.13. The third kappa shape index (κ3) is 16.2. The normalized spacial score (nSPS) is 10.9. The van der Waals surface area contributed by atoms with E-state index in [-0.39, 0.29) is 0 Å². The third-order valence-electron chi connectivity index (χ3n) is 2.74. The molecule has 0 aromatic rings. The van der Waals surface area contributed by atoms with Gasteiger partial charge in [-0.25, -0.2) is 0 Å². The summed E-state index contributed by atoms with van der Waals surface area (Å²) >= 11 is 5.48. The molecule has 0 rings (SSSR count). The van der Waals surface area contributed by atoms with Crippen molar-refractivity contribution in [3.63, 3.8) is 0 Å². The molecule has 104 valence electrons. The van der Waals surface area contributed by atoms with E-state index in [1.54, 1.807) is 0 Å². The molecule has 0 atom stereocenters. The lowest BCUT2D eigenvalue weighted by atomic mass is 10.1. The zero-order valence-corrected chi connectivity index (χ0v) is 12.1. The maximum absolute atomic E-state index is 5.48. The second-order valence-electron chi connectivity index (χ2n) is 4.39. The molecule has 17 heavy (non-hydrogen) atoms. The van der Waals surface area contributed by atoms with E-state index in [4.69, 9.17) is 21.1 Å². The van der Waals surface area contributed by atoms with Crippen LogP contribution in [0.5, 0.6) is 0 Å². The Bertz CT molecular complexity index is 117. The Balaban J connectivity index is 2.85. The lowest BCUT2D eigenvalue weighted by Gasteiger charge is -2.04. The molecule has 0 spiro atoms. The third-order valence-corrected chi connectivity index (χ3v) is 2.89. The molecule has 3 heteroatoms. The standard InChI is InChI=1S/C14H29ClO2/c1-2-3-4-5-6-7-8-9-11-16-13-14-17-12-10-15/h2-14H2,1H3. The molecule has 2 nitrogen and oxygen atoms in total. The van der Waals surface area contributed by atoms with Crippen molar-refractivity contribution in [1.29, 1.82) is 0 Å². The molecular weight excluding hydrogens is 236 g/mol. The fourth-order valence-electron chi connectivity index (χ4n) is 1.71. The predicted molar refractivity (Wildman–Crippen MR) is 75.0 cm³/mol. The first kappa shape index (κ1) is 17.2. The quantitative estimate of drug-likeness (QED) is 0.342. The average Bonchev–Trinajstić information content (AvgIpc) is 2.35. The summed E-state index contributed by atoms with van der Waals surface area (Å²) in [5, 5.41) is 0. The maximum atomic E-state index is 5.48. The summed E-state index contributed by atoms with van der Waals surface area (Å²) in [7, 11) is 0. The van der Waals surface area contributed by atoms with E-state index in [0.29, 0.717) is 25.7 Å². The van der Waals surface area contributed by atoms with Crippen LogP contribution in [-0.2, 0) is 9.47 Å².